The maximum atomic E-state index is 11.7. The van der Waals surface area contributed by atoms with Gasteiger partial charge in [0.1, 0.15) is 0 Å². The molecule has 5 nitrogen and oxygen atoms in total. The van der Waals surface area contributed by atoms with E-state index in [1.165, 1.54) is 5.56 Å². The predicted molar refractivity (Wildman–Crippen MR) is 122 cm³/mol. The van der Waals surface area contributed by atoms with Crippen LogP contribution in [0.15, 0.2) is 54.6 Å². The van der Waals surface area contributed by atoms with Gasteiger partial charge in [-0.2, -0.15) is 0 Å². The molecule has 3 rings (SSSR count). The number of aryl methyl sites for hydroxylation is 1. The lowest BCUT2D eigenvalue weighted by Crippen LogP contribution is -2.24. The molecular weight excluding hydrogens is 390 g/mol. The fourth-order valence-electron chi connectivity index (χ4n) is 4.30. The molecule has 0 bridgehead atoms. The van der Waals surface area contributed by atoms with Gasteiger partial charge in [-0.05, 0) is 56.4 Å². The fourth-order valence-corrected chi connectivity index (χ4v) is 4.30. The highest BCUT2D eigenvalue weighted by Gasteiger charge is 2.39. The highest BCUT2D eigenvalue weighted by atomic mass is 16.3. The standard InChI is InChI=1S/C26H37NO4/c28-21(15-12-19-8-4-3-5-9-19)16-17-23-22(24(29)18-25(23)30)10-6-1-2-7-11-26(31)27-20-13-14-20/h1,3-6,8-9,16-17,20-25,28-30H,2,7,10-15,18H2,(H,27,31)/b6-1-,17-16+/t21-,22-,23+,24+,25+/m0/s1. The van der Waals surface area contributed by atoms with E-state index in [4.69, 9.17) is 0 Å². The molecule has 0 spiro atoms. The lowest BCUT2D eigenvalue weighted by Gasteiger charge is -2.19. The number of unbranched alkanes of at least 4 members (excludes halogenated alkanes) is 1. The Morgan fingerprint density at radius 1 is 1.13 bits per heavy atom. The maximum Gasteiger partial charge on any atom is 0.220 e. The second kappa shape index (κ2) is 12.2. The Morgan fingerprint density at radius 3 is 2.65 bits per heavy atom. The number of rotatable bonds is 12. The number of carbonyl (C=O) groups is 1. The smallest absolute Gasteiger partial charge is 0.220 e. The van der Waals surface area contributed by atoms with Gasteiger partial charge in [0.25, 0.3) is 0 Å². The Bertz CT molecular complexity index is 728. The van der Waals surface area contributed by atoms with Crippen molar-refractivity contribution in [2.45, 2.75) is 82.1 Å². The summed E-state index contributed by atoms with van der Waals surface area (Å²) in [5.41, 5.74) is 1.19. The third-order valence-electron chi connectivity index (χ3n) is 6.33. The SMILES string of the molecule is O=C(CCC/C=C\C[C@H]1[C@@H](/C=C/[C@@H](O)CCc2ccccc2)[C@H](O)C[C@H]1O)NC1CC1. The molecule has 0 unspecified atom stereocenters. The highest BCUT2D eigenvalue weighted by molar-refractivity contribution is 5.76. The van der Waals surface area contributed by atoms with Crippen molar-refractivity contribution in [1.82, 2.24) is 5.32 Å². The molecule has 1 aromatic carbocycles. The van der Waals surface area contributed by atoms with Crippen molar-refractivity contribution < 1.29 is 20.1 Å². The average molecular weight is 428 g/mol. The van der Waals surface area contributed by atoms with Crippen molar-refractivity contribution in [2.24, 2.45) is 11.8 Å². The van der Waals surface area contributed by atoms with Gasteiger partial charge in [-0.3, -0.25) is 4.79 Å². The first-order valence-electron chi connectivity index (χ1n) is 11.7. The Morgan fingerprint density at radius 2 is 1.90 bits per heavy atom. The molecule has 0 aromatic heterocycles. The molecular formula is C26H37NO4. The second-order valence-electron chi connectivity index (χ2n) is 9.03. The minimum atomic E-state index is -0.586. The van der Waals surface area contributed by atoms with Gasteiger partial charge in [-0.1, -0.05) is 54.6 Å². The molecule has 2 aliphatic carbocycles. The number of hydrogen-bond acceptors (Lipinski definition) is 4. The monoisotopic (exact) mass is 427 g/mol. The van der Waals surface area contributed by atoms with E-state index in [1.54, 1.807) is 6.08 Å². The van der Waals surface area contributed by atoms with Gasteiger partial charge >= 0.3 is 0 Å². The molecule has 5 atom stereocenters. The van der Waals surface area contributed by atoms with Crippen LogP contribution in [0.25, 0.3) is 0 Å². The highest BCUT2D eigenvalue weighted by Crippen LogP contribution is 2.36. The molecule has 0 aliphatic heterocycles. The number of allylic oxidation sites excluding steroid dienone is 2. The van der Waals surface area contributed by atoms with Crippen molar-refractivity contribution >= 4 is 5.91 Å². The first-order valence-corrected chi connectivity index (χ1v) is 11.7. The predicted octanol–water partition coefficient (Wildman–Crippen LogP) is 3.29. The van der Waals surface area contributed by atoms with Crippen molar-refractivity contribution in [3.8, 4) is 0 Å². The molecule has 0 saturated heterocycles. The average Bonchev–Trinajstić information content (AvgIpc) is 3.52. The molecule has 0 radical (unpaired) electrons. The van der Waals surface area contributed by atoms with Crippen LogP contribution in [0.2, 0.25) is 0 Å². The minimum Gasteiger partial charge on any atom is -0.393 e. The summed E-state index contributed by atoms with van der Waals surface area (Å²) in [6.45, 7) is 0. The molecule has 4 N–H and O–H groups in total. The van der Waals surface area contributed by atoms with Crippen LogP contribution in [0.3, 0.4) is 0 Å². The van der Waals surface area contributed by atoms with Gasteiger partial charge in [0, 0.05) is 24.8 Å². The molecule has 1 aromatic rings. The third kappa shape index (κ3) is 8.24. The zero-order valence-electron chi connectivity index (χ0n) is 18.3. The van der Waals surface area contributed by atoms with Gasteiger partial charge in [-0.25, -0.2) is 0 Å². The quantitative estimate of drug-likeness (QED) is 0.304. The van der Waals surface area contributed by atoms with E-state index in [0.29, 0.717) is 31.7 Å². The van der Waals surface area contributed by atoms with E-state index < -0.39 is 18.3 Å². The summed E-state index contributed by atoms with van der Waals surface area (Å²) in [5.74, 6) is -0.0707. The van der Waals surface area contributed by atoms with Crippen molar-refractivity contribution in [2.75, 3.05) is 0 Å². The molecule has 31 heavy (non-hydrogen) atoms. The van der Waals surface area contributed by atoms with Gasteiger partial charge in [0.05, 0.1) is 18.3 Å². The summed E-state index contributed by atoms with van der Waals surface area (Å²) in [5, 5.41) is 34.0. The van der Waals surface area contributed by atoms with E-state index in [9.17, 15) is 20.1 Å². The van der Waals surface area contributed by atoms with E-state index in [2.05, 4.69) is 29.6 Å². The molecule has 2 saturated carbocycles. The Labute approximate surface area is 185 Å². The molecule has 2 fully saturated rings. The molecule has 1 amide bonds. The zero-order valence-corrected chi connectivity index (χ0v) is 18.3. The summed E-state index contributed by atoms with van der Waals surface area (Å²) in [6.07, 6.45) is 13.0. The molecule has 5 heteroatoms. The number of carbonyl (C=O) groups excluding carboxylic acids is 1. The minimum absolute atomic E-state index is 0.0537. The summed E-state index contributed by atoms with van der Waals surface area (Å²) < 4.78 is 0. The van der Waals surface area contributed by atoms with Gasteiger partial charge in [0.15, 0.2) is 0 Å². The topological polar surface area (TPSA) is 89.8 Å². The summed E-state index contributed by atoms with van der Waals surface area (Å²) in [6, 6.07) is 10.5. The van der Waals surface area contributed by atoms with E-state index in [1.807, 2.05) is 24.3 Å². The Balaban J connectivity index is 1.39. The molecule has 0 heterocycles. The van der Waals surface area contributed by atoms with Crippen LogP contribution in [0, 0.1) is 11.8 Å². The van der Waals surface area contributed by atoms with E-state index >= 15 is 0 Å². The Kier molecular flexibility index (Phi) is 9.31. The van der Waals surface area contributed by atoms with Crippen molar-refractivity contribution in [1.29, 1.82) is 0 Å². The van der Waals surface area contributed by atoms with E-state index in [-0.39, 0.29) is 17.7 Å². The Hall–Kier alpha value is -1.95. The number of nitrogens with one attached hydrogen (secondary N) is 1. The third-order valence-corrected chi connectivity index (χ3v) is 6.33. The van der Waals surface area contributed by atoms with Crippen LogP contribution in [-0.2, 0) is 11.2 Å². The largest absolute Gasteiger partial charge is 0.393 e. The van der Waals surface area contributed by atoms with Gasteiger partial charge in [0.2, 0.25) is 5.91 Å². The summed E-state index contributed by atoms with van der Waals surface area (Å²) in [4.78, 5) is 11.7. The number of benzene rings is 1. The van der Waals surface area contributed by atoms with Crippen molar-refractivity contribution in [3.63, 3.8) is 0 Å². The summed E-state index contributed by atoms with van der Waals surface area (Å²) >= 11 is 0. The number of aliphatic hydroxyl groups is 3. The second-order valence-corrected chi connectivity index (χ2v) is 9.03. The lowest BCUT2D eigenvalue weighted by atomic mass is 9.89. The van der Waals surface area contributed by atoms with E-state index in [0.717, 1.165) is 32.1 Å². The lowest BCUT2D eigenvalue weighted by molar-refractivity contribution is -0.121. The van der Waals surface area contributed by atoms with Gasteiger partial charge < -0.3 is 20.6 Å². The number of hydrogen-bond donors (Lipinski definition) is 4. The van der Waals surface area contributed by atoms with Crippen LogP contribution < -0.4 is 5.32 Å². The summed E-state index contributed by atoms with van der Waals surface area (Å²) in [7, 11) is 0. The number of aliphatic hydroxyl groups excluding tert-OH is 3. The fraction of sp³-hybridized carbons (Fsp3) is 0.577. The molecule has 2 aliphatic rings. The van der Waals surface area contributed by atoms with Crippen molar-refractivity contribution in [3.05, 3.63) is 60.2 Å². The van der Waals surface area contributed by atoms with Crippen LogP contribution in [-0.4, -0.2) is 45.6 Å². The molecule has 170 valence electrons. The van der Waals surface area contributed by atoms with Crippen LogP contribution in [0.5, 0.6) is 0 Å². The zero-order chi connectivity index (χ0) is 22.1. The van der Waals surface area contributed by atoms with Crippen LogP contribution in [0.4, 0.5) is 0 Å². The number of amides is 1. The maximum absolute atomic E-state index is 11.7. The normalized spacial score (nSPS) is 27.2. The van der Waals surface area contributed by atoms with Gasteiger partial charge in [-0.15, -0.1) is 0 Å². The van der Waals surface area contributed by atoms with Crippen LogP contribution >= 0.6 is 0 Å². The first kappa shape index (κ1) is 23.7. The first-order chi connectivity index (χ1) is 15.0. The van der Waals surface area contributed by atoms with Crippen LogP contribution in [0.1, 0.15) is 56.9 Å².